The van der Waals surface area contributed by atoms with Gasteiger partial charge in [0.1, 0.15) is 0 Å². The zero-order valence-corrected chi connectivity index (χ0v) is 13.1. The van der Waals surface area contributed by atoms with Crippen molar-refractivity contribution < 1.29 is 4.74 Å². The van der Waals surface area contributed by atoms with Crippen molar-refractivity contribution in [2.75, 3.05) is 13.7 Å². The molecule has 0 aliphatic rings. The van der Waals surface area contributed by atoms with Crippen molar-refractivity contribution in [3.05, 3.63) is 35.4 Å². The second kappa shape index (κ2) is 8.34. The largest absolute Gasteiger partial charge is 0.380 e. The fraction of sp³-hybridized carbons (Fsp3) is 0.647. The summed E-state index contributed by atoms with van der Waals surface area (Å²) < 4.78 is 5.24. The van der Waals surface area contributed by atoms with E-state index < -0.39 is 0 Å². The fourth-order valence-electron chi connectivity index (χ4n) is 2.64. The predicted octanol–water partition coefficient (Wildman–Crippen LogP) is 3.85. The maximum absolute atomic E-state index is 5.24. The Hall–Kier alpha value is -0.860. The molecule has 1 rings (SSSR count). The van der Waals surface area contributed by atoms with Gasteiger partial charge in [-0.2, -0.15) is 0 Å². The van der Waals surface area contributed by atoms with E-state index in [9.17, 15) is 0 Å². The Bertz CT molecular complexity index is 352. The van der Waals surface area contributed by atoms with E-state index in [4.69, 9.17) is 4.74 Å². The number of nitrogens with one attached hydrogen (secondary N) is 1. The van der Waals surface area contributed by atoms with Crippen molar-refractivity contribution in [3.63, 3.8) is 0 Å². The molecule has 0 heterocycles. The van der Waals surface area contributed by atoms with Crippen LogP contribution in [0, 0.1) is 17.8 Å². The molecule has 0 saturated heterocycles. The van der Waals surface area contributed by atoms with E-state index in [0.29, 0.717) is 6.61 Å². The van der Waals surface area contributed by atoms with E-state index >= 15 is 0 Å². The standard InChI is InChI=1S/C17H29NO/c1-13(2)17(14(3)4)11-18-10-15-8-6-7-9-16(15)12-19-5/h6-9,13-14,17-18H,10-12H2,1-5H3. The summed E-state index contributed by atoms with van der Waals surface area (Å²) in [4.78, 5) is 0. The number of benzene rings is 1. The van der Waals surface area contributed by atoms with Crippen LogP contribution < -0.4 is 5.32 Å². The average molecular weight is 263 g/mol. The van der Waals surface area contributed by atoms with Gasteiger partial charge in [0.15, 0.2) is 0 Å². The summed E-state index contributed by atoms with van der Waals surface area (Å²) in [5, 5.41) is 3.61. The molecule has 0 radical (unpaired) electrons. The quantitative estimate of drug-likeness (QED) is 0.769. The van der Waals surface area contributed by atoms with Gasteiger partial charge >= 0.3 is 0 Å². The molecular formula is C17H29NO. The minimum absolute atomic E-state index is 0.690. The lowest BCUT2D eigenvalue weighted by molar-refractivity contribution is 0.184. The van der Waals surface area contributed by atoms with E-state index in [1.54, 1.807) is 7.11 Å². The molecule has 0 aliphatic carbocycles. The van der Waals surface area contributed by atoms with Gasteiger partial charge in [-0.3, -0.25) is 0 Å². The first-order valence-corrected chi connectivity index (χ1v) is 7.32. The highest BCUT2D eigenvalue weighted by Crippen LogP contribution is 2.19. The molecule has 0 saturated carbocycles. The third kappa shape index (κ3) is 5.33. The highest BCUT2D eigenvalue weighted by atomic mass is 16.5. The maximum Gasteiger partial charge on any atom is 0.0716 e. The van der Waals surface area contributed by atoms with Crippen molar-refractivity contribution in [2.24, 2.45) is 17.8 Å². The van der Waals surface area contributed by atoms with Crippen LogP contribution >= 0.6 is 0 Å². The molecular weight excluding hydrogens is 234 g/mol. The summed E-state index contributed by atoms with van der Waals surface area (Å²) in [7, 11) is 1.75. The van der Waals surface area contributed by atoms with Crippen molar-refractivity contribution in [3.8, 4) is 0 Å². The Morgan fingerprint density at radius 1 is 1.00 bits per heavy atom. The fourth-order valence-corrected chi connectivity index (χ4v) is 2.64. The summed E-state index contributed by atoms with van der Waals surface area (Å²) >= 11 is 0. The van der Waals surface area contributed by atoms with E-state index in [0.717, 1.165) is 30.8 Å². The topological polar surface area (TPSA) is 21.3 Å². The average Bonchev–Trinajstić information content (AvgIpc) is 2.35. The van der Waals surface area contributed by atoms with Gasteiger partial charge in [0.25, 0.3) is 0 Å². The molecule has 2 heteroatoms. The van der Waals surface area contributed by atoms with Crippen LogP contribution in [-0.2, 0) is 17.9 Å². The number of ether oxygens (including phenoxy) is 1. The van der Waals surface area contributed by atoms with Crippen LogP contribution in [0.15, 0.2) is 24.3 Å². The Balaban J connectivity index is 2.52. The van der Waals surface area contributed by atoms with Gasteiger partial charge in [0.2, 0.25) is 0 Å². The van der Waals surface area contributed by atoms with Crippen LogP contribution in [0.4, 0.5) is 0 Å². The molecule has 0 spiro atoms. The lowest BCUT2D eigenvalue weighted by Gasteiger charge is -2.25. The van der Waals surface area contributed by atoms with Crippen LogP contribution in [0.25, 0.3) is 0 Å². The third-order valence-corrected chi connectivity index (χ3v) is 3.83. The van der Waals surface area contributed by atoms with Gasteiger partial charge in [0, 0.05) is 13.7 Å². The summed E-state index contributed by atoms with van der Waals surface area (Å²) in [6, 6.07) is 8.49. The molecule has 0 amide bonds. The molecule has 0 aromatic heterocycles. The third-order valence-electron chi connectivity index (χ3n) is 3.83. The molecule has 0 bridgehead atoms. The molecule has 2 nitrogen and oxygen atoms in total. The van der Waals surface area contributed by atoms with E-state index in [1.165, 1.54) is 11.1 Å². The summed E-state index contributed by atoms with van der Waals surface area (Å²) in [6.45, 7) is 11.9. The second-order valence-electron chi connectivity index (χ2n) is 5.98. The van der Waals surface area contributed by atoms with E-state index in [1.807, 2.05) is 0 Å². The van der Waals surface area contributed by atoms with Gasteiger partial charge in [-0.1, -0.05) is 52.0 Å². The van der Waals surface area contributed by atoms with Gasteiger partial charge in [-0.05, 0) is 35.4 Å². The minimum Gasteiger partial charge on any atom is -0.380 e. The van der Waals surface area contributed by atoms with Crippen LogP contribution in [-0.4, -0.2) is 13.7 Å². The van der Waals surface area contributed by atoms with Gasteiger partial charge in [0.05, 0.1) is 6.61 Å². The Labute approximate surface area is 118 Å². The van der Waals surface area contributed by atoms with Crippen LogP contribution in [0.5, 0.6) is 0 Å². The molecule has 1 aromatic carbocycles. The smallest absolute Gasteiger partial charge is 0.0716 e. The molecule has 1 N–H and O–H groups in total. The zero-order valence-electron chi connectivity index (χ0n) is 13.1. The first kappa shape index (κ1) is 16.2. The van der Waals surface area contributed by atoms with Gasteiger partial charge in [-0.15, -0.1) is 0 Å². The van der Waals surface area contributed by atoms with Gasteiger partial charge in [-0.25, -0.2) is 0 Å². The summed E-state index contributed by atoms with van der Waals surface area (Å²) in [5.74, 6) is 2.18. The first-order valence-electron chi connectivity index (χ1n) is 7.32. The molecule has 0 fully saturated rings. The lowest BCUT2D eigenvalue weighted by Crippen LogP contribution is -2.29. The van der Waals surface area contributed by atoms with Crippen LogP contribution in [0.1, 0.15) is 38.8 Å². The van der Waals surface area contributed by atoms with Crippen molar-refractivity contribution in [1.82, 2.24) is 5.32 Å². The van der Waals surface area contributed by atoms with Crippen molar-refractivity contribution >= 4 is 0 Å². The Morgan fingerprint density at radius 3 is 2.11 bits per heavy atom. The number of methoxy groups -OCH3 is 1. The zero-order chi connectivity index (χ0) is 14.3. The molecule has 0 unspecified atom stereocenters. The van der Waals surface area contributed by atoms with Gasteiger partial charge < -0.3 is 10.1 Å². The highest BCUT2D eigenvalue weighted by molar-refractivity contribution is 5.26. The second-order valence-corrected chi connectivity index (χ2v) is 5.98. The van der Waals surface area contributed by atoms with Crippen molar-refractivity contribution in [1.29, 1.82) is 0 Å². The molecule has 19 heavy (non-hydrogen) atoms. The van der Waals surface area contributed by atoms with Crippen LogP contribution in [0.2, 0.25) is 0 Å². The monoisotopic (exact) mass is 263 g/mol. The lowest BCUT2D eigenvalue weighted by atomic mass is 9.85. The molecule has 1 aromatic rings. The molecule has 0 atom stereocenters. The first-order chi connectivity index (χ1) is 9.06. The SMILES string of the molecule is COCc1ccccc1CNCC(C(C)C)C(C)C. The Morgan fingerprint density at radius 2 is 1.58 bits per heavy atom. The van der Waals surface area contributed by atoms with E-state index in [-0.39, 0.29) is 0 Å². The predicted molar refractivity (Wildman–Crippen MR) is 82.0 cm³/mol. The maximum atomic E-state index is 5.24. The molecule has 108 valence electrons. The minimum atomic E-state index is 0.690. The summed E-state index contributed by atoms with van der Waals surface area (Å²) in [6.07, 6.45) is 0. The number of rotatable bonds is 8. The number of hydrogen-bond acceptors (Lipinski definition) is 2. The highest BCUT2D eigenvalue weighted by Gasteiger charge is 2.16. The van der Waals surface area contributed by atoms with Crippen LogP contribution in [0.3, 0.4) is 0 Å². The number of hydrogen-bond donors (Lipinski definition) is 1. The Kier molecular flexibility index (Phi) is 7.11. The summed E-state index contributed by atoms with van der Waals surface area (Å²) in [5.41, 5.74) is 2.62. The van der Waals surface area contributed by atoms with Crippen molar-refractivity contribution in [2.45, 2.75) is 40.8 Å². The van der Waals surface area contributed by atoms with E-state index in [2.05, 4.69) is 57.3 Å². The molecule has 0 aliphatic heterocycles. The normalized spacial score (nSPS) is 11.8.